The van der Waals surface area contributed by atoms with E-state index in [1.165, 1.54) is 0 Å². The molecule has 4 heteroatoms. The highest BCUT2D eigenvalue weighted by Crippen LogP contribution is 2.31. The van der Waals surface area contributed by atoms with E-state index in [0.29, 0.717) is 38.3 Å². The maximum atomic E-state index is 5.45. The predicted octanol–water partition coefficient (Wildman–Crippen LogP) is 1.79. The minimum atomic E-state index is -0.154. The topological polar surface area (TPSA) is 36.9 Å². The lowest BCUT2D eigenvalue weighted by Gasteiger charge is -2.40. The Morgan fingerprint density at radius 3 is 1.40 bits per heavy atom. The van der Waals surface area contributed by atoms with Crippen molar-refractivity contribution in [1.29, 1.82) is 0 Å². The van der Waals surface area contributed by atoms with Gasteiger partial charge in [-0.05, 0) is 26.0 Å². The highest BCUT2D eigenvalue weighted by Gasteiger charge is 2.41. The van der Waals surface area contributed by atoms with Crippen LogP contribution in [0.2, 0.25) is 0 Å². The number of hydrogen-bond donors (Lipinski definition) is 0. The Kier molecular flexibility index (Phi) is 2.75. The van der Waals surface area contributed by atoms with Crippen molar-refractivity contribution in [3.63, 3.8) is 0 Å². The first-order valence-electron chi connectivity index (χ1n) is 5.12. The molecule has 0 aliphatic carbocycles. The van der Waals surface area contributed by atoms with Crippen LogP contribution in [0.1, 0.15) is 13.8 Å². The summed E-state index contributed by atoms with van der Waals surface area (Å²) in [6, 6.07) is 0. The van der Waals surface area contributed by atoms with E-state index in [2.05, 4.69) is 0 Å². The molecule has 15 heavy (non-hydrogen) atoms. The number of ether oxygens (including phenoxy) is 4. The molecular formula is C11H16O4. The monoisotopic (exact) mass is 212 g/mol. The van der Waals surface area contributed by atoms with E-state index in [-0.39, 0.29) is 5.41 Å². The van der Waals surface area contributed by atoms with E-state index in [1.807, 2.05) is 26.0 Å². The lowest BCUT2D eigenvalue weighted by atomic mass is 9.91. The van der Waals surface area contributed by atoms with Gasteiger partial charge in [-0.3, -0.25) is 0 Å². The first-order chi connectivity index (χ1) is 7.28. The van der Waals surface area contributed by atoms with Crippen LogP contribution in [0.4, 0.5) is 0 Å². The summed E-state index contributed by atoms with van der Waals surface area (Å²) in [5.74, 6) is 1.19. The summed E-state index contributed by atoms with van der Waals surface area (Å²) in [5, 5.41) is 0. The molecule has 2 aliphatic heterocycles. The Balaban J connectivity index is 1.94. The van der Waals surface area contributed by atoms with Crippen LogP contribution in [-0.2, 0) is 18.9 Å². The van der Waals surface area contributed by atoms with E-state index in [0.717, 1.165) is 0 Å². The third-order valence-corrected chi connectivity index (χ3v) is 2.55. The van der Waals surface area contributed by atoms with Crippen LogP contribution in [0.25, 0.3) is 0 Å². The third kappa shape index (κ3) is 2.03. The molecule has 2 rings (SSSR count). The quantitative estimate of drug-likeness (QED) is 0.613. The normalized spacial score (nSPS) is 29.7. The van der Waals surface area contributed by atoms with Gasteiger partial charge >= 0.3 is 0 Å². The molecule has 1 spiro atoms. The van der Waals surface area contributed by atoms with Crippen LogP contribution in [0.5, 0.6) is 0 Å². The zero-order valence-corrected chi connectivity index (χ0v) is 9.12. The van der Waals surface area contributed by atoms with E-state index < -0.39 is 0 Å². The fourth-order valence-corrected chi connectivity index (χ4v) is 1.56. The number of rotatable bonds is 0. The van der Waals surface area contributed by atoms with Crippen LogP contribution in [0, 0.1) is 5.41 Å². The molecule has 0 aromatic heterocycles. The van der Waals surface area contributed by atoms with Gasteiger partial charge in [0.05, 0.1) is 0 Å². The smallest absolute Gasteiger partial charge is 0.274 e. The second kappa shape index (κ2) is 4.04. The second-order valence-corrected chi connectivity index (χ2v) is 3.87. The van der Waals surface area contributed by atoms with Gasteiger partial charge in [-0.2, -0.15) is 0 Å². The highest BCUT2D eigenvalue weighted by molar-refractivity contribution is 4.95. The molecule has 0 atom stereocenters. The molecule has 0 aromatic carbocycles. The van der Waals surface area contributed by atoms with Crippen molar-refractivity contribution in [3.05, 3.63) is 24.0 Å². The van der Waals surface area contributed by atoms with Crippen molar-refractivity contribution in [3.8, 4) is 0 Å². The van der Waals surface area contributed by atoms with Gasteiger partial charge in [0.2, 0.25) is 0 Å². The molecule has 0 amide bonds. The Bertz CT molecular complexity index is 239. The molecule has 2 saturated heterocycles. The molecule has 0 unspecified atom stereocenters. The average molecular weight is 212 g/mol. The van der Waals surface area contributed by atoms with Gasteiger partial charge in [-0.1, -0.05) is 0 Å². The number of allylic oxidation sites excluding steroid dienone is 2. The summed E-state index contributed by atoms with van der Waals surface area (Å²) in [5.41, 5.74) is -0.154. The van der Waals surface area contributed by atoms with E-state index >= 15 is 0 Å². The Morgan fingerprint density at radius 2 is 1.13 bits per heavy atom. The Hall–Kier alpha value is -1.32. The van der Waals surface area contributed by atoms with E-state index in [4.69, 9.17) is 18.9 Å². The SMILES string of the molecule is CC=C1OCC2(CO1)COC(=CC)OC2. The standard InChI is InChI=1S/C11H16O4/c1-3-9-12-5-11(6-13-9)7-14-10(4-2)15-8-11/h3-4H,5-8H2,1-2H3. The lowest BCUT2D eigenvalue weighted by molar-refractivity contribution is -0.185. The number of hydrogen-bond acceptors (Lipinski definition) is 4. The van der Waals surface area contributed by atoms with Gasteiger partial charge in [-0.15, -0.1) is 0 Å². The van der Waals surface area contributed by atoms with Crippen molar-refractivity contribution < 1.29 is 18.9 Å². The molecule has 0 N–H and O–H groups in total. The average Bonchev–Trinajstić information content (AvgIpc) is 2.31. The largest absolute Gasteiger partial charge is 0.465 e. The van der Waals surface area contributed by atoms with Crippen molar-refractivity contribution in [2.24, 2.45) is 5.41 Å². The summed E-state index contributed by atoms with van der Waals surface area (Å²) in [6.07, 6.45) is 3.63. The predicted molar refractivity (Wildman–Crippen MR) is 53.8 cm³/mol. The molecule has 2 aliphatic rings. The second-order valence-electron chi connectivity index (χ2n) is 3.87. The van der Waals surface area contributed by atoms with Gasteiger partial charge in [0, 0.05) is 0 Å². The van der Waals surface area contributed by atoms with Crippen molar-refractivity contribution >= 4 is 0 Å². The Morgan fingerprint density at radius 1 is 0.800 bits per heavy atom. The summed E-state index contributed by atoms with van der Waals surface area (Å²) in [6.45, 7) is 6.12. The first-order valence-corrected chi connectivity index (χ1v) is 5.12. The van der Waals surface area contributed by atoms with E-state index in [1.54, 1.807) is 0 Å². The fraction of sp³-hybridized carbons (Fsp3) is 0.636. The van der Waals surface area contributed by atoms with Crippen molar-refractivity contribution in [1.82, 2.24) is 0 Å². The summed E-state index contributed by atoms with van der Waals surface area (Å²) < 4.78 is 21.8. The highest BCUT2D eigenvalue weighted by atomic mass is 16.7. The van der Waals surface area contributed by atoms with Crippen molar-refractivity contribution in [2.45, 2.75) is 13.8 Å². The minimum absolute atomic E-state index is 0.154. The third-order valence-electron chi connectivity index (χ3n) is 2.55. The zero-order chi connectivity index (χ0) is 10.7. The lowest BCUT2D eigenvalue weighted by Crippen LogP contribution is -2.46. The van der Waals surface area contributed by atoms with E-state index in [9.17, 15) is 0 Å². The minimum Gasteiger partial charge on any atom is -0.465 e. The van der Waals surface area contributed by atoms with Gasteiger partial charge in [0.15, 0.2) is 0 Å². The molecule has 84 valence electrons. The van der Waals surface area contributed by atoms with Crippen LogP contribution >= 0.6 is 0 Å². The van der Waals surface area contributed by atoms with Gasteiger partial charge in [-0.25, -0.2) is 0 Å². The van der Waals surface area contributed by atoms with Gasteiger partial charge in [0.25, 0.3) is 11.9 Å². The molecule has 0 saturated carbocycles. The van der Waals surface area contributed by atoms with Crippen LogP contribution in [-0.4, -0.2) is 26.4 Å². The molecule has 0 radical (unpaired) electrons. The Labute approximate surface area is 89.5 Å². The zero-order valence-electron chi connectivity index (χ0n) is 9.12. The van der Waals surface area contributed by atoms with Crippen LogP contribution in [0.15, 0.2) is 24.0 Å². The summed E-state index contributed by atoms with van der Waals surface area (Å²) in [7, 11) is 0. The fourth-order valence-electron chi connectivity index (χ4n) is 1.56. The van der Waals surface area contributed by atoms with Crippen LogP contribution < -0.4 is 0 Å². The molecular weight excluding hydrogens is 196 g/mol. The van der Waals surface area contributed by atoms with Crippen molar-refractivity contribution in [2.75, 3.05) is 26.4 Å². The maximum absolute atomic E-state index is 5.45. The molecule has 2 heterocycles. The van der Waals surface area contributed by atoms with Crippen LogP contribution in [0.3, 0.4) is 0 Å². The molecule has 4 nitrogen and oxygen atoms in total. The van der Waals surface area contributed by atoms with Gasteiger partial charge in [0.1, 0.15) is 31.8 Å². The first kappa shape index (κ1) is 10.2. The summed E-state index contributed by atoms with van der Waals surface area (Å²) >= 11 is 0. The molecule has 0 aromatic rings. The summed E-state index contributed by atoms with van der Waals surface area (Å²) in [4.78, 5) is 0. The maximum Gasteiger partial charge on any atom is 0.274 e. The molecule has 2 fully saturated rings. The molecule has 0 bridgehead atoms. The van der Waals surface area contributed by atoms with Gasteiger partial charge < -0.3 is 18.9 Å².